The fourth-order valence-corrected chi connectivity index (χ4v) is 16.3. The van der Waals surface area contributed by atoms with Crippen molar-refractivity contribution < 1.29 is 13.5 Å². The molecule has 49 heavy (non-hydrogen) atoms. The van der Waals surface area contributed by atoms with Gasteiger partial charge in [-0.25, -0.2) is 4.39 Å². The predicted molar refractivity (Wildman–Crippen MR) is 217 cm³/mol. The van der Waals surface area contributed by atoms with E-state index >= 15 is 8.78 Å². The Labute approximate surface area is 303 Å². The lowest BCUT2D eigenvalue weighted by atomic mass is 9.77. The maximum atomic E-state index is 15.3. The highest BCUT2D eigenvalue weighted by molar-refractivity contribution is 6.82. The summed E-state index contributed by atoms with van der Waals surface area (Å²) in [5.74, 6) is 2.32. The molecule has 0 bridgehead atoms. The molecule has 3 rings (SSSR count). The molecule has 278 valence electrons. The lowest BCUT2D eigenvalue weighted by Gasteiger charge is -2.31. The molecular formula is C44H74F2OSi2. The first kappa shape index (κ1) is 42.0. The van der Waals surface area contributed by atoms with E-state index in [1.54, 1.807) is 12.1 Å². The van der Waals surface area contributed by atoms with Gasteiger partial charge in [0.1, 0.15) is 0 Å². The molecule has 1 nitrogen and oxygen atoms in total. The number of rotatable bonds is 22. The Balaban J connectivity index is 1.41. The van der Waals surface area contributed by atoms with E-state index in [1.165, 1.54) is 100 Å². The largest absolute Gasteiger partial charge is 0.490 e. The van der Waals surface area contributed by atoms with Crippen molar-refractivity contribution in [3.8, 4) is 16.9 Å². The molecular weight excluding hydrogens is 639 g/mol. The number of hydrogen-bond donors (Lipinski definition) is 0. The Kier molecular flexibility index (Phi) is 17.6. The standard InChI is InChI=1S/C44H74F2OSi2/c1-10-12-13-16-36-17-19-37(20-18-36)38-21-23-39(24-22-38)41-25-26-42(44(46)43(41)45)47-28-14-15-29-48(6,7)31-32-49(8,9)30-27-40(34(3)4)33-35(5)11-2/h21-26,34-37,40H,10-20,27-33H2,1-9H3. The van der Waals surface area contributed by atoms with Crippen LogP contribution in [0.2, 0.25) is 50.4 Å². The van der Waals surface area contributed by atoms with E-state index in [4.69, 9.17) is 4.74 Å². The first-order valence-corrected chi connectivity index (χ1v) is 27.3. The van der Waals surface area contributed by atoms with Gasteiger partial charge >= 0.3 is 0 Å². The minimum Gasteiger partial charge on any atom is -0.490 e. The van der Waals surface area contributed by atoms with Gasteiger partial charge in [-0.05, 0) is 91.4 Å². The summed E-state index contributed by atoms with van der Waals surface area (Å²) in [6, 6.07) is 17.1. The van der Waals surface area contributed by atoms with Crippen molar-refractivity contribution in [1.82, 2.24) is 0 Å². The van der Waals surface area contributed by atoms with E-state index < -0.39 is 27.8 Å². The van der Waals surface area contributed by atoms with Gasteiger partial charge in [0.2, 0.25) is 5.82 Å². The van der Waals surface area contributed by atoms with Crippen LogP contribution in [-0.4, -0.2) is 22.8 Å². The maximum Gasteiger partial charge on any atom is 0.201 e. The molecule has 2 atom stereocenters. The quantitative estimate of drug-likeness (QED) is 0.0872. The summed E-state index contributed by atoms with van der Waals surface area (Å²) in [6.07, 6.45) is 16.6. The van der Waals surface area contributed by atoms with Gasteiger partial charge in [-0.3, -0.25) is 0 Å². The molecule has 0 amide bonds. The molecule has 0 spiro atoms. The molecule has 1 saturated carbocycles. The minimum atomic E-state index is -1.30. The van der Waals surface area contributed by atoms with Crippen LogP contribution in [0.3, 0.4) is 0 Å². The molecule has 0 N–H and O–H groups in total. The van der Waals surface area contributed by atoms with E-state index in [0.717, 1.165) is 42.1 Å². The number of halogens is 2. The van der Waals surface area contributed by atoms with Crippen LogP contribution in [0.5, 0.6) is 5.75 Å². The maximum absolute atomic E-state index is 15.3. The Hall–Kier alpha value is -1.47. The normalized spacial score (nSPS) is 18.5. The lowest BCUT2D eigenvalue weighted by Crippen LogP contribution is -2.33. The Morgan fingerprint density at radius 2 is 1.39 bits per heavy atom. The van der Waals surface area contributed by atoms with Gasteiger partial charge in [0.25, 0.3) is 0 Å². The zero-order valence-corrected chi connectivity index (χ0v) is 35.2. The molecule has 2 unspecified atom stereocenters. The molecule has 0 saturated heterocycles. The predicted octanol–water partition coefficient (Wildman–Crippen LogP) is 15.2. The number of ether oxygens (including phenoxy) is 1. The number of unbranched alkanes of at least 4 members (excludes halogenated alkanes) is 3. The van der Waals surface area contributed by atoms with Gasteiger partial charge in [0.05, 0.1) is 6.61 Å². The molecule has 1 fully saturated rings. The molecule has 0 aromatic heterocycles. The van der Waals surface area contributed by atoms with Crippen LogP contribution in [-0.2, 0) is 0 Å². The van der Waals surface area contributed by atoms with Crippen molar-refractivity contribution in [2.45, 2.75) is 174 Å². The summed E-state index contributed by atoms with van der Waals surface area (Å²) in [4.78, 5) is 0. The smallest absolute Gasteiger partial charge is 0.201 e. The van der Waals surface area contributed by atoms with Crippen molar-refractivity contribution in [2.24, 2.45) is 23.7 Å². The van der Waals surface area contributed by atoms with E-state index in [1.807, 2.05) is 12.1 Å². The van der Waals surface area contributed by atoms with Crippen LogP contribution < -0.4 is 4.74 Å². The summed E-state index contributed by atoms with van der Waals surface area (Å²) in [5.41, 5.74) is 2.37. The third kappa shape index (κ3) is 14.2. The average Bonchev–Trinajstić information content (AvgIpc) is 3.08. The van der Waals surface area contributed by atoms with Gasteiger partial charge < -0.3 is 4.74 Å². The Morgan fingerprint density at radius 1 is 0.735 bits per heavy atom. The van der Waals surface area contributed by atoms with Crippen LogP contribution in [0.1, 0.15) is 130 Å². The van der Waals surface area contributed by atoms with E-state index in [-0.39, 0.29) is 5.75 Å². The first-order chi connectivity index (χ1) is 23.2. The van der Waals surface area contributed by atoms with Crippen LogP contribution >= 0.6 is 0 Å². The van der Waals surface area contributed by atoms with Crippen LogP contribution in [0, 0.1) is 35.3 Å². The van der Waals surface area contributed by atoms with Gasteiger partial charge in [0, 0.05) is 21.7 Å². The molecule has 2 aromatic carbocycles. The van der Waals surface area contributed by atoms with Crippen LogP contribution in [0.4, 0.5) is 8.78 Å². The van der Waals surface area contributed by atoms with E-state index in [0.29, 0.717) is 18.1 Å². The van der Waals surface area contributed by atoms with Crippen molar-refractivity contribution in [2.75, 3.05) is 6.61 Å². The van der Waals surface area contributed by atoms with Crippen molar-refractivity contribution >= 4 is 16.1 Å². The van der Waals surface area contributed by atoms with E-state index in [9.17, 15) is 0 Å². The van der Waals surface area contributed by atoms with Gasteiger partial charge in [-0.15, -0.1) is 0 Å². The summed E-state index contributed by atoms with van der Waals surface area (Å²) in [7, 11) is -2.51. The highest BCUT2D eigenvalue weighted by Crippen LogP contribution is 2.39. The zero-order valence-electron chi connectivity index (χ0n) is 33.2. The van der Waals surface area contributed by atoms with Crippen molar-refractivity contribution in [3.05, 3.63) is 53.6 Å². The van der Waals surface area contributed by atoms with Gasteiger partial charge in [0.15, 0.2) is 11.6 Å². The van der Waals surface area contributed by atoms with Crippen LogP contribution in [0.25, 0.3) is 11.1 Å². The molecule has 0 heterocycles. The van der Waals surface area contributed by atoms with Gasteiger partial charge in [-0.1, -0.05) is 154 Å². The summed E-state index contributed by atoms with van der Waals surface area (Å²) < 4.78 is 36.2. The average molecular weight is 713 g/mol. The van der Waals surface area contributed by atoms with Crippen LogP contribution in [0.15, 0.2) is 36.4 Å². The summed E-state index contributed by atoms with van der Waals surface area (Å²) in [6.45, 7) is 22.6. The zero-order chi connectivity index (χ0) is 36.0. The summed E-state index contributed by atoms with van der Waals surface area (Å²) >= 11 is 0. The second-order valence-corrected chi connectivity index (χ2v) is 28.7. The molecule has 1 aliphatic carbocycles. The first-order valence-electron chi connectivity index (χ1n) is 20.5. The highest BCUT2D eigenvalue weighted by Gasteiger charge is 2.29. The molecule has 0 aliphatic heterocycles. The fraction of sp³-hybridized carbons (Fsp3) is 0.727. The Bertz CT molecular complexity index is 1220. The molecule has 2 aromatic rings. The monoisotopic (exact) mass is 713 g/mol. The number of hydrogen-bond acceptors (Lipinski definition) is 1. The molecule has 1 aliphatic rings. The second-order valence-electron chi connectivity index (χ2n) is 18.0. The van der Waals surface area contributed by atoms with Crippen molar-refractivity contribution in [3.63, 3.8) is 0 Å². The number of benzene rings is 2. The second kappa shape index (κ2) is 20.5. The molecule has 5 heteroatoms. The third-order valence-electron chi connectivity index (χ3n) is 12.3. The SMILES string of the molecule is CCCCCC1CCC(c2ccc(-c3ccc(OCCCC[Si](C)(C)CC[Si](C)(C)CCC(CC(C)CC)C(C)C)c(F)c3F)cc2)CC1. The van der Waals surface area contributed by atoms with E-state index in [2.05, 4.69) is 72.9 Å². The minimum absolute atomic E-state index is 0.0332. The van der Waals surface area contributed by atoms with Crippen molar-refractivity contribution in [1.29, 1.82) is 0 Å². The Morgan fingerprint density at radius 3 is 2.00 bits per heavy atom. The third-order valence-corrected chi connectivity index (χ3v) is 19.4. The lowest BCUT2D eigenvalue weighted by molar-refractivity contribution is 0.289. The van der Waals surface area contributed by atoms with Gasteiger partial charge in [-0.2, -0.15) is 4.39 Å². The molecule has 0 radical (unpaired) electrons. The fourth-order valence-electron chi connectivity index (χ4n) is 8.07. The topological polar surface area (TPSA) is 9.23 Å². The highest BCUT2D eigenvalue weighted by atomic mass is 28.3. The summed E-state index contributed by atoms with van der Waals surface area (Å²) in [5, 5.41) is 0.